The molecule has 35 heavy (non-hydrogen) atoms. The molecule has 4 heterocycles. The molecular formula is C25H25FN6O3. The first-order chi connectivity index (χ1) is 17.0. The number of hydrogen-bond donors (Lipinski definition) is 1. The second-order valence-corrected chi connectivity index (χ2v) is 8.29. The van der Waals surface area contributed by atoms with Gasteiger partial charge in [-0.3, -0.25) is 9.69 Å². The zero-order valence-electron chi connectivity index (χ0n) is 19.2. The van der Waals surface area contributed by atoms with Crippen LogP contribution >= 0.6 is 0 Å². The van der Waals surface area contributed by atoms with Gasteiger partial charge in [0.05, 0.1) is 18.8 Å². The number of ether oxygens (including phenoxy) is 1. The van der Waals surface area contributed by atoms with Crippen molar-refractivity contribution in [3.63, 3.8) is 0 Å². The average molecular weight is 477 g/mol. The summed E-state index contributed by atoms with van der Waals surface area (Å²) in [6, 6.07) is 10.3. The molecule has 0 spiro atoms. The van der Waals surface area contributed by atoms with Crippen LogP contribution in [0.25, 0.3) is 5.65 Å². The molecule has 180 valence electrons. The van der Waals surface area contributed by atoms with Crippen LogP contribution in [0.3, 0.4) is 0 Å². The lowest BCUT2D eigenvalue weighted by Crippen LogP contribution is -2.31. The smallest absolute Gasteiger partial charge is 0.414 e. The maximum absolute atomic E-state index is 13.8. The minimum atomic E-state index is -0.442. The van der Waals surface area contributed by atoms with E-state index in [0.29, 0.717) is 23.8 Å². The van der Waals surface area contributed by atoms with Crippen LogP contribution in [0, 0.1) is 5.82 Å². The SMILES string of the molecule is CCOC(=O)N1C=CC(NC(=O)c2cnc3ccc(N4CCC[C@@H]4c4cccc(F)c4)nn23)=CC1. The third-order valence-corrected chi connectivity index (χ3v) is 6.06. The van der Waals surface area contributed by atoms with Gasteiger partial charge in [-0.05, 0) is 61.7 Å². The van der Waals surface area contributed by atoms with Gasteiger partial charge in [-0.1, -0.05) is 12.1 Å². The number of imidazole rings is 1. The van der Waals surface area contributed by atoms with Crippen molar-refractivity contribution in [3.8, 4) is 0 Å². The molecule has 1 aromatic carbocycles. The number of allylic oxidation sites excluding steroid dienone is 1. The summed E-state index contributed by atoms with van der Waals surface area (Å²) in [6.45, 7) is 3.11. The first-order valence-electron chi connectivity index (χ1n) is 11.5. The maximum Gasteiger partial charge on any atom is 0.414 e. The second kappa shape index (κ2) is 9.57. The highest BCUT2D eigenvalue weighted by atomic mass is 19.1. The number of hydrogen-bond acceptors (Lipinski definition) is 6. The van der Waals surface area contributed by atoms with Crippen LogP contribution in [0.15, 0.2) is 66.6 Å². The number of aromatic nitrogens is 3. The minimum absolute atomic E-state index is 0.0105. The van der Waals surface area contributed by atoms with Crippen molar-refractivity contribution in [3.05, 3.63) is 83.7 Å². The Balaban J connectivity index is 1.35. The number of carbonyl (C=O) groups is 2. The van der Waals surface area contributed by atoms with Gasteiger partial charge in [-0.2, -0.15) is 0 Å². The molecule has 2 aliphatic rings. The van der Waals surface area contributed by atoms with Crippen LogP contribution in [-0.4, -0.2) is 51.2 Å². The van der Waals surface area contributed by atoms with E-state index in [2.05, 4.69) is 15.2 Å². The van der Waals surface area contributed by atoms with Gasteiger partial charge >= 0.3 is 6.09 Å². The summed E-state index contributed by atoms with van der Waals surface area (Å²) in [7, 11) is 0. The maximum atomic E-state index is 13.8. The fourth-order valence-electron chi connectivity index (χ4n) is 4.40. The summed E-state index contributed by atoms with van der Waals surface area (Å²) in [5, 5.41) is 7.54. The number of nitrogens with one attached hydrogen (secondary N) is 1. The topological polar surface area (TPSA) is 92.1 Å². The number of rotatable bonds is 5. The number of halogens is 1. The van der Waals surface area contributed by atoms with Gasteiger partial charge in [0, 0.05) is 25.0 Å². The number of anilines is 1. The Morgan fingerprint density at radius 1 is 1.26 bits per heavy atom. The monoisotopic (exact) mass is 476 g/mol. The van der Waals surface area contributed by atoms with E-state index in [1.807, 2.05) is 18.2 Å². The van der Waals surface area contributed by atoms with Crippen molar-refractivity contribution in [2.24, 2.45) is 0 Å². The molecule has 0 radical (unpaired) electrons. The first kappa shape index (κ1) is 22.6. The molecule has 0 bridgehead atoms. The van der Waals surface area contributed by atoms with E-state index < -0.39 is 6.09 Å². The van der Waals surface area contributed by atoms with Crippen molar-refractivity contribution in [1.29, 1.82) is 0 Å². The molecular weight excluding hydrogens is 451 g/mol. The average Bonchev–Trinajstić information content (AvgIpc) is 3.52. The van der Waals surface area contributed by atoms with Crippen molar-refractivity contribution in [1.82, 2.24) is 24.8 Å². The van der Waals surface area contributed by atoms with E-state index in [-0.39, 0.29) is 30.0 Å². The molecule has 0 saturated carbocycles. The molecule has 2 aromatic heterocycles. The zero-order valence-corrected chi connectivity index (χ0v) is 19.2. The highest BCUT2D eigenvalue weighted by Gasteiger charge is 2.28. The van der Waals surface area contributed by atoms with Crippen molar-refractivity contribution >= 4 is 23.5 Å². The highest BCUT2D eigenvalue weighted by Crippen LogP contribution is 2.35. The summed E-state index contributed by atoms with van der Waals surface area (Å²) in [4.78, 5) is 32.7. The lowest BCUT2D eigenvalue weighted by Gasteiger charge is -2.26. The Kier molecular flexibility index (Phi) is 6.17. The molecule has 1 saturated heterocycles. The Bertz CT molecular complexity index is 1330. The van der Waals surface area contributed by atoms with E-state index in [0.717, 1.165) is 24.9 Å². The molecule has 0 unspecified atom stereocenters. The molecule has 1 fully saturated rings. The third kappa shape index (κ3) is 4.59. The van der Waals surface area contributed by atoms with Crippen molar-refractivity contribution in [2.75, 3.05) is 24.6 Å². The van der Waals surface area contributed by atoms with Gasteiger partial charge in [0.25, 0.3) is 5.91 Å². The van der Waals surface area contributed by atoms with E-state index in [1.54, 1.807) is 37.4 Å². The first-order valence-corrected chi connectivity index (χ1v) is 11.5. The standard InChI is InChI=1S/C25H25FN6O3/c1-2-35-25(34)30-13-10-19(11-14-30)28-24(33)21-16-27-22-8-9-23(29-32(21)22)31-12-4-7-20(31)17-5-3-6-18(26)15-17/h3,5-6,8-11,13,15-16,20H,2,4,7,12,14H2,1H3,(H,28,33)/t20-/m1/s1. The molecule has 1 N–H and O–H groups in total. The van der Waals surface area contributed by atoms with Gasteiger partial charge in [-0.15, -0.1) is 5.10 Å². The lowest BCUT2D eigenvalue weighted by atomic mass is 10.0. The summed E-state index contributed by atoms with van der Waals surface area (Å²) >= 11 is 0. The zero-order chi connectivity index (χ0) is 24.4. The number of carbonyl (C=O) groups excluding carboxylic acids is 2. The van der Waals surface area contributed by atoms with Crippen LogP contribution in [0.5, 0.6) is 0 Å². The molecule has 3 aromatic rings. The Hall–Kier alpha value is -4.21. The molecule has 2 aliphatic heterocycles. The van der Waals surface area contributed by atoms with Crippen LogP contribution in [0.4, 0.5) is 15.0 Å². The summed E-state index contributed by atoms with van der Waals surface area (Å²) < 4.78 is 20.3. The van der Waals surface area contributed by atoms with Crippen LogP contribution in [0.1, 0.15) is 41.9 Å². The normalized spacial score (nSPS) is 17.5. The fraction of sp³-hybridized carbons (Fsp3) is 0.280. The molecule has 9 nitrogen and oxygen atoms in total. The third-order valence-electron chi connectivity index (χ3n) is 6.06. The van der Waals surface area contributed by atoms with E-state index in [4.69, 9.17) is 9.84 Å². The Labute approximate surface area is 201 Å². The van der Waals surface area contributed by atoms with Gasteiger partial charge < -0.3 is 15.0 Å². The highest BCUT2D eigenvalue weighted by molar-refractivity contribution is 5.94. The Morgan fingerprint density at radius 2 is 2.14 bits per heavy atom. The molecule has 2 amide bonds. The Morgan fingerprint density at radius 3 is 2.91 bits per heavy atom. The predicted molar refractivity (Wildman–Crippen MR) is 127 cm³/mol. The lowest BCUT2D eigenvalue weighted by molar-refractivity contribution is 0.0960. The van der Waals surface area contributed by atoms with Crippen LogP contribution in [0.2, 0.25) is 0 Å². The minimum Gasteiger partial charge on any atom is -0.449 e. The van der Waals surface area contributed by atoms with Gasteiger partial charge in [0.1, 0.15) is 11.6 Å². The van der Waals surface area contributed by atoms with E-state index in [9.17, 15) is 14.0 Å². The summed E-state index contributed by atoms with van der Waals surface area (Å²) in [5.41, 5.74) is 2.29. The molecule has 10 heteroatoms. The largest absolute Gasteiger partial charge is 0.449 e. The quantitative estimate of drug-likeness (QED) is 0.602. The van der Waals surface area contributed by atoms with Gasteiger partial charge in [0.15, 0.2) is 11.3 Å². The molecule has 5 rings (SSSR count). The van der Waals surface area contributed by atoms with E-state index in [1.165, 1.54) is 21.7 Å². The fourth-order valence-corrected chi connectivity index (χ4v) is 4.40. The van der Waals surface area contributed by atoms with Crippen molar-refractivity contribution in [2.45, 2.75) is 25.8 Å². The number of fused-ring (bicyclic) bond motifs is 1. The molecule has 0 aliphatic carbocycles. The summed E-state index contributed by atoms with van der Waals surface area (Å²) in [5.74, 6) is 0.0617. The molecule has 1 atom stereocenters. The second-order valence-electron chi connectivity index (χ2n) is 8.29. The summed E-state index contributed by atoms with van der Waals surface area (Å²) in [6.07, 6.45) is 7.82. The number of benzene rings is 1. The van der Waals surface area contributed by atoms with Crippen molar-refractivity contribution < 1.29 is 18.7 Å². The van der Waals surface area contributed by atoms with Gasteiger partial charge in [0.2, 0.25) is 0 Å². The van der Waals surface area contributed by atoms with E-state index >= 15 is 0 Å². The van der Waals surface area contributed by atoms with Gasteiger partial charge in [-0.25, -0.2) is 18.7 Å². The predicted octanol–water partition coefficient (Wildman–Crippen LogP) is 3.81. The van der Waals surface area contributed by atoms with Crippen LogP contribution in [-0.2, 0) is 4.74 Å². The number of amides is 2. The number of nitrogens with zero attached hydrogens (tertiary/aromatic N) is 5. The van der Waals surface area contributed by atoms with Crippen LogP contribution < -0.4 is 10.2 Å².